The number of fused-ring (bicyclic) bond motifs is 2. The number of nitrogen functional groups attached to an aromatic ring is 1. The Kier molecular flexibility index (Phi) is 4.23. The number of anilines is 1. The standard InChI is InChI=1S/C23H25F6N5S/c1-10(2)20-18-22(17-14-8-31-9-15(14)17)33-34(12-4-5-12)23(18)19(24)21(32-20)13-7-11(30)3-6-16(13)35(25,26,27,28)29/h3,6-7,10,12,14-15,17,31H,4-5,8-9,30H2,1-2H3/t14-,15+,17?. The molecule has 3 aliphatic rings. The molecular formula is C23H25F6N5S. The SMILES string of the molecule is CC(C)c1nc(-c2cc(N)ccc2S(F)(F)(F)(F)F)c(F)c2c1c(C1[C@H]3CNC[C@@H]13)nn2C1CC1. The normalized spacial score (nSPS) is 26.1. The number of nitrogens with two attached hydrogens (primary N) is 1. The van der Waals surface area contributed by atoms with E-state index in [4.69, 9.17) is 10.8 Å². The summed E-state index contributed by atoms with van der Waals surface area (Å²) in [7, 11) is -10.2. The van der Waals surface area contributed by atoms with Crippen LogP contribution in [0.4, 0.5) is 29.5 Å². The van der Waals surface area contributed by atoms with Gasteiger partial charge >= 0.3 is 10.2 Å². The number of hydrogen-bond acceptors (Lipinski definition) is 4. The van der Waals surface area contributed by atoms with Gasteiger partial charge < -0.3 is 11.1 Å². The van der Waals surface area contributed by atoms with E-state index in [0.717, 1.165) is 38.1 Å². The Morgan fingerprint density at radius 3 is 2.31 bits per heavy atom. The first-order valence-corrected chi connectivity index (χ1v) is 13.6. The molecule has 3 fully saturated rings. The van der Waals surface area contributed by atoms with E-state index < -0.39 is 32.2 Å². The molecule has 1 saturated heterocycles. The lowest BCUT2D eigenvalue weighted by Gasteiger charge is -2.41. The number of nitrogens with one attached hydrogen (secondary N) is 1. The Bertz CT molecular complexity index is 1390. The molecule has 12 heteroatoms. The van der Waals surface area contributed by atoms with E-state index in [9.17, 15) is 19.4 Å². The highest BCUT2D eigenvalue weighted by atomic mass is 32.5. The molecule has 6 rings (SSSR count). The van der Waals surface area contributed by atoms with Gasteiger partial charge in [-0.25, -0.2) is 9.37 Å². The summed E-state index contributed by atoms with van der Waals surface area (Å²) in [5, 5.41) is 8.59. The minimum Gasteiger partial charge on any atom is -0.399 e. The fourth-order valence-electron chi connectivity index (χ4n) is 5.56. The van der Waals surface area contributed by atoms with Crippen LogP contribution in [0, 0.1) is 17.7 Å². The van der Waals surface area contributed by atoms with Crippen molar-refractivity contribution in [3.8, 4) is 11.3 Å². The van der Waals surface area contributed by atoms with Crippen molar-refractivity contribution in [1.82, 2.24) is 20.1 Å². The Morgan fingerprint density at radius 2 is 1.74 bits per heavy atom. The fourth-order valence-corrected chi connectivity index (χ4v) is 6.45. The zero-order valence-electron chi connectivity index (χ0n) is 19.0. The Hall–Kier alpha value is -2.47. The molecule has 1 aliphatic heterocycles. The summed E-state index contributed by atoms with van der Waals surface area (Å²) in [5.41, 5.74) is 4.76. The number of halogens is 6. The second-order valence-corrected chi connectivity index (χ2v) is 12.7. The van der Waals surface area contributed by atoms with Crippen molar-refractivity contribution >= 4 is 26.8 Å². The predicted octanol–water partition coefficient (Wildman–Crippen LogP) is 6.87. The smallest absolute Gasteiger partial charge is 0.311 e. The lowest BCUT2D eigenvalue weighted by molar-refractivity contribution is 0.364. The van der Waals surface area contributed by atoms with Crippen LogP contribution in [0.5, 0.6) is 0 Å². The third kappa shape index (κ3) is 3.59. The summed E-state index contributed by atoms with van der Waals surface area (Å²) in [6.07, 6.45) is 1.52. The van der Waals surface area contributed by atoms with Crippen LogP contribution in [0.3, 0.4) is 0 Å². The highest BCUT2D eigenvalue weighted by molar-refractivity contribution is 8.45. The first kappa shape index (κ1) is 23.0. The van der Waals surface area contributed by atoms with Crippen LogP contribution in [0.2, 0.25) is 0 Å². The number of pyridine rings is 1. The van der Waals surface area contributed by atoms with Crippen molar-refractivity contribution in [3.63, 3.8) is 0 Å². The Labute approximate surface area is 197 Å². The lowest BCUT2D eigenvalue weighted by atomic mass is 9.98. The monoisotopic (exact) mass is 517 g/mol. The van der Waals surface area contributed by atoms with Crippen molar-refractivity contribution in [2.45, 2.75) is 49.5 Å². The Balaban J connectivity index is 1.67. The quantitative estimate of drug-likeness (QED) is 0.286. The van der Waals surface area contributed by atoms with Crippen LogP contribution in [-0.2, 0) is 0 Å². The van der Waals surface area contributed by atoms with Crippen LogP contribution < -0.4 is 11.1 Å². The summed E-state index contributed by atoms with van der Waals surface area (Å²) in [6.45, 7) is 5.24. The second kappa shape index (κ2) is 6.44. The summed E-state index contributed by atoms with van der Waals surface area (Å²) in [6, 6.07) is 1.60. The first-order valence-electron chi connectivity index (χ1n) is 11.6. The summed E-state index contributed by atoms with van der Waals surface area (Å²) >= 11 is 0. The lowest BCUT2D eigenvalue weighted by Crippen LogP contribution is -2.14. The number of nitrogens with zero attached hydrogens (tertiary/aromatic N) is 3. The summed E-state index contributed by atoms with van der Waals surface area (Å²) in [4.78, 5) is 2.10. The van der Waals surface area contributed by atoms with Gasteiger partial charge in [0.05, 0.1) is 17.4 Å². The van der Waals surface area contributed by atoms with Crippen molar-refractivity contribution < 1.29 is 23.8 Å². The van der Waals surface area contributed by atoms with Crippen LogP contribution >= 0.6 is 10.2 Å². The molecule has 3 atom stereocenters. The van der Waals surface area contributed by atoms with Crippen molar-refractivity contribution in [1.29, 1.82) is 0 Å². The summed E-state index contributed by atoms with van der Waals surface area (Å²) < 4.78 is 87.7. The van der Waals surface area contributed by atoms with E-state index in [1.807, 2.05) is 0 Å². The molecule has 2 aliphatic carbocycles. The van der Waals surface area contributed by atoms with Crippen molar-refractivity contribution in [2.75, 3.05) is 18.8 Å². The van der Waals surface area contributed by atoms with Gasteiger partial charge in [-0.3, -0.25) is 4.68 Å². The molecule has 190 valence electrons. The first-order chi connectivity index (χ1) is 16.2. The van der Waals surface area contributed by atoms with E-state index in [2.05, 4.69) is 10.3 Å². The maximum absolute atomic E-state index is 16.2. The van der Waals surface area contributed by atoms with Crippen LogP contribution in [0.1, 0.15) is 56.0 Å². The third-order valence-electron chi connectivity index (χ3n) is 7.36. The number of piperidine rings is 1. The minimum atomic E-state index is -10.2. The van der Waals surface area contributed by atoms with Gasteiger partial charge in [-0.1, -0.05) is 33.3 Å². The van der Waals surface area contributed by atoms with E-state index in [1.54, 1.807) is 18.5 Å². The van der Waals surface area contributed by atoms with Gasteiger partial charge in [-0.05, 0) is 61.9 Å². The highest BCUT2D eigenvalue weighted by Gasteiger charge is 2.67. The molecule has 3 N–H and O–H groups in total. The molecular weight excluding hydrogens is 492 g/mol. The van der Waals surface area contributed by atoms with E-state index in [1.165, 1.54) is 0 Å². The van der Waals surface area contributed by atoms with Crippen molar-refractivity contribution in [3.05, 3.63) is 35.4 Å². The van der Waals surface area contributed by atoms with Crippen LogP contribution in [-0.4, -0.2) is 27.9 Å². The zero-order valence-corrected chi connectivity index (χ0v) is 19.9. The number of hydrogen-bond donors (Lipinski definition) is 2. The molecule has 0 spiro atoms. The molecule has 2 saturated carbocycles. The fraction of sp³-hybridized carbons (Fsp3) is 0.478. The zero-order chi connectivity index (χ0) is 25.1. The molecule has 3 heterocycles. The number of rotatable bonds is 5. The molecule has 0 radical (unpaired) electrons. The van der Waals surface area contributed by atoms with Crippen LogP contribution in [0.15, 0.2) is 23.1 Å². The molecule has 3 aromatic rings. The van der Waals surface area contributed by atoms with Gasteiger partial charge in [0.15, 0.2) is 5.82 Å². The van der Waals surface area contributed by atoms with E-state index in [-0.39, 0.29) is 35.1 Å². The Morgan fingerprint density at radius 1 is 1.09 bits per heavy atom. The van der Waals surface area contributed by atoms with E-state index >= 15 is 4.39 Å². The molecule has 1 unspecified atom stereocenters. The molecule has 1 aromatic carbocycles. The van der Waals surface area contributed by atoms with E-state index in [0.29, 0.717) is 28.6 Å². The van der Waals surface area contributed by atoms with Gasteiger partial charge in [-0.15, -0.1) is 0 Å². The van der Waals surface area contributed by atoms with Gasteiger partial charge in [0.2, 0.25) is 0 Å². The topological polar surface area (TPSA) is 68.8 Å². The maximum atomic E-state index is 16.2. The van der Waals surface area contributed by atoms with Gasteiger partial charge in [0.1, 0.15) is 16.1 Å². The summed E-state index contributed by atoms with van der Waals surface area (Å²) in [5.74, 6) is -0.522. The minimum absolute atomic E-state index is 0.0460. The molecule has 5 nitrogen and oxygen atoms in total. The number of aromatic nitrogens is 3. The largest absolute Gasteiger partial charge is 0.399 e. The maximum Gasteiger partial charge on any atom is 0.311 e. The van der Waals surface area contributed by atoms with Gasteiger partial charge in [0.25, 0.3) is 0 Å². The third-order valence-corrected chi connectivity index (χ3v) is 8.55. The molecule has 2 aromatic heterocycles. The van der Waals surface area contributed by atoms with Gasteiger partial charge in [-0.2, -0.15) is 5.10 Å². The van der Waals surface area contributed by atoms with Gasteiger partial charge in [0, 0.05) is 22.6 Å². The molecule has 0 bridgehead atoms. The second-order valence-electron chi connectivity index (χ2n) is 10.3. The predicted molar refractivity (Wildman–Crippen MR) is 124 cm³/mol. The number of benzene rings is 1. The highest BCUT2D eigenvalue weighted by Crippen LogP contribution is 3.02. The average Bonchev–Trinajstić information content (AvgIpc) is 3.61. The van der Waals surface area contributed by atoms with Crippen molar-refractivity contribution in [2.24, 2.45) is 11.8 Å². The average molecular weight is 518 g/mol. The van der Waals surface area contributed by atoms with Crippen LogP contribution in [0.25, 0.3) is 22.2 Å². The molecule has 0 amide bonds. The molecule has 35 heavy (non-hydrogen) atoms.